The summed E-state index contributed by atoms with van der Waals surface area (Å²) in [4.78, 5) is 15.0. The van der Waals surface area contributed by atoms with Gasteiger partial charge in [-0.2, -0.15) is 0 Å². The van der Waals surface area contributed by atoms with Gasteiger partial charge in [0.1, 0.15) is 5.82 Å². The van der Waals surface area contributed by atoms with Crippen molar-refractivity contribution in [1.29, 1.82) is 0 Å². The van der Waals surface area contributed by atoms with E-state index in [-0.39, 0.29) is 0 Å². The van der Waals surface area contributed by atoms with E-state index in [0.717, 1.165) is 24.4 Å². The summed E-state index contributed by atoms with van der Waals surface area (Å²) in [5.41, 5.74) is 1.23. The summed E-state index contributed by atoms with van der Waals surface area (Å²) in [6.07, 6.45) is 4.73. The molecule has 0 radical (unpaired) electrons. The Labute approximate surface area is 99.5 Å². The van der Waals surface area contributed by atoms with Crippen LogP contribution in [0.4, 0.5) is 0 Å². The molecule has 0 saturated carbocycles. The summed E-state index contributed by atoms with van der Waals surface area (Å²) in [7, 11) is 0. The Hall–Kier alpha value is -2.10. The van der Waals surface area contributed by atoms with Crippen molar-refractivity contribution in [2.75, 3.05) is 0 Å². The lowest BCUT2D eigenvalue weighted by atomic mass is 10.1. The van der Waals surface area contributed by atoms with Gasteiger partial charge in [0.05, 0.1) is 5.56 Å². The number of aromatic carboxylic acids is 1. The molecular formula is C13H14N2O2. The van der Waals surface area contributed by atoms with Gasteiger partial charge in [-0.25, -0.2) is 9.78 Å². The second kappa shape index (κ2) is 4.82. The van der Waals surface area contributed by atoms with Gasteiger partial charge >= 0.3 is 5.97 Å². The van der Waals surface area contributed by atoms with Crippen LogP contribution in [0.5, 0.6) is 0 Å². The predicted octanol–water partition coefficient (Wildman–Crippen LogP) is 2.66. The lowest BCUT2D eigenvalue weighted by molar-refractivity contribution is 0.0697. The lowest BCUT2D eigenvalue weighted by Crippen LogP contribution is -1.99. The van der Waals surface area contributed by atoms with Crippen LogP contribution in [0.15, 0.2) is 36.7 Å². The molecule has 0 fully saturated rings. The highest BCUT2D eigenvalue weighted by Crippen LogP contribution is 2.18. The Morgan fingerprint density at radius 1 is 1.35 bits per heavy atom. The molecule has 0 aliphatic carbocycles. The van der Waals surface area contributed by atoms with Gasteiger partial charge < -0.3 is 9.67 Å². The summed E-state index contributed by atoms with van der Waals surface area (Å²) < 4.78 is 2.07. The second-order valence-electron chi connectivity index (χ2n) is 3.83. The van der Waals surface area contributed by atoms with Crippen molar-refractivity contribution in [3.63, 3.8) is 0 Å². The zero-order valence-corrected chi connectivity index (χ0v) is 9.63. The minimum Gasteiger partial charge on any atom is -0.478 e. The van der Waals surface area contributed by atoms with Crippen LogP contribution in [0.2, 0.25) is 0 Å². The summed E-state index contributed by atoms with van der Waals surface area (Å²) >= 11 is 0. The van der Waals surface area contributed by atoms with Crippen molar-refractivity contribution < 1.29 is 9.90 Å². The molecule has 0 atom stereocenters. The third kappa shape index (κ3) is 2.36. The van der Waals surface area contributed by atoms with E-state index in [0.29, 0.717) is 5.56 Å². The molecule has 1 heterocycles. The Balaban J connectivity index is 2.33. The zero-order chi connectivity index (χ0) is 12.3. The van der Waals surface area contributed by atoms with Crippen molar-refractivity contribution in [3.8, 4) is 11.4 Å². The average molecular weight is 230 g/mol. The third-order valence-corrected chi connectivity index (χ3v) is 2.57. The molecule has 1 N–H and O–H groups in total. The van der Waals surface area contributed by atoms with Gasteiger partial charge in [0.15, 0.2) is 0 Å². The number of carboxylic acid groups (broad SMARTS) is 1. The highest BCUT2D eigenvalue weighted by molar-refractivity contribution is 5.88. The van der Waals surface area contributed by atoms with Crippen LogP contribution in [0, 0.1) is 0 Å². The number of aromatic nitrogens is 2. The lowest BCUT2D eigenvalue weighted by Gasteiger charge is -2.06. The van der Waals surface area contributed by atoms with Gasteiger partial charge in [-0.3, -0.25) is 0 Å². The Bertz CT molecular complexity index is 514. The number of carboxylic acids is 1. The molecule has 0 spiro atoms. The first-order chi connectivity index (χ1) is 8.22. The molecule has 0 aliphatic heterocycles. The van der Waals surface area contributed by atoms with E-state index in [1.54, 1.807) is 30.5 Å². The van der Waals surface area contributed by atoms with Crippen LogP contribution in [0.3, 0.4) is 0 Å². The number of rotatable bonds is 4. The molecule has 2 aromatic rings. The van der Waals surface area contributed by atoms with Gasteiger partial charge in [0.25, 0.3) is 0 Å². The van der Waals surface area contributed by atoms with Crippen LogP contribution in [0.1, 0.15) is 23.7 Å². The molecule has 88 valence electrons. The molecule has 4 heteroatoms. The Kier molecular flexibility index (Phi) is 3.23. The molecule has 0 bridgehead atoms. The van der Waals surface area contributed by atoms with Gasteiger partial charge in [-0.1, -0.05) is 19.1 Å². The topological polar surface area (TPSA) is 55.1 Å². The molecule has 0 unspecified atom stereocenters. The van der Waals surface area contributed by atoms with Crippen LogP contribution >= 0.6 is 0 Å². The standard InChI is InChI=1S/C13H14N2O2/c1-2-8-15-9-7-14-12(15)10-3-5-11(6-4-10)13(16)17/h3-7,9H,2,8H2,1H3,(H,16,17). The van der Waals surface area contributed by atoms with Crippen molar-refractivity contribution in [2.24, 2.45) is 0 Å². The molecule has 0 saturated heterocycles. The van der Waals surface area contributed by atoms with E-state index in [2.05, 4.69) is 16.5 Å². The normalized spacial score (nSPS) is 10.4. The first kappa shape index (κ1) is 11.4. The number of hydrogen-bond donors (Lipinski definition) is 1. The number of nitrogens with zero attached hydrogens (tertiary/aromatic N) is 2. The molecule has 2 rings (SSSR count). The van der Waals surface area contributed by atoms with Crippen LogP contribution in [-0.2, 0) is 6.54 Å². The molecular weight excluding hydrogens is 216 g/mol. The van der Waals surface area contributed by atoms with Crippen molar-refractivity contribution >= 4 is 5.97 Å². The SMILES string of the molecule is CCCn1ccnc1-c1ccc(C(=O)O)cc1. The zero-order valence-electron chi connectivity index (χ0n) is 9.63. The van der Waals surface area contributed by atoms with Gasteiger partial charge in [-0.15, -0.1) is 0 Å². The molecule has 1 aromatic heterocycles. The third-order valence-electron chi connectivity index (χ3n) is 2.57. The Morgan fingerprint density at radius 3 is 2.65 bits per heavy atom. The van der Waals surface area contributed by atoms with E-state index in [4.69, 9.17) is 5.11 Å². The van der Waals surface area contributed by atoms with Gasteiger partial charge in [0, 0.05) is 24.5 Å². The minimum atomic E-state index is -0.909. The molecule has 4 nitrogen and oxygen atoms in total. The van der Waals surface area contributed by atoms with Crippen LogP contribution in [-0.4, -0.2) is 20.6 Å². The van der Waals surface area contributed by atoms with Crippen molar-refractivity contribution in [2.45, 2.75) is 19.9 Å². The predicted molar refractivity (Wildman–Crippen MR) is 64.9 cm³/mol. The maximum absolute atomic E-state index is 10.7. The highest BCUT2D eigenvalue weighted by atomic mass is 16.4. The summed E-state index contributed by atoms with van der Waals surface area (Å²) in [6.45, 7) is 3.02. The molecule has 17 heavy (non-hydrogen) atoms. The summed E-state index contributed by atoms with van der Waals surface area (Å²) in [5, 5.41) is 8.82. The maximum Gasteiger partial charge on any atom is 0.335 e. The monoisotopic (exact) mass is 230 g/mol. The van der Waals surface area contributed by atoms with Crippen LogP contribution < -0.4 is 0 Å². The number of aryl methyl sites for hydroxylation is 1. The first-order valence-electron chi connectivity index (χ1n) is 5.57. The molecule has 1 aromatic carbocycles. The number of imidazole rings is 1. The largest absolute Gasteiger partial charge is 0.478 e. The Morgan fingerprint density at radius 2 is 2.06 bits per heavy atom. The van der Waals surface area contributed by atoms with E-state index < -0.39 is 5.97 Å². The molecule has 0 aliphatic rings. The van der Waals surface area contributed by atoms with Crippen LogP contribution in [0.25, 0.3) is 11.4 Å². The maximum atomic E-state index is 10.7. The summed E-state index contributed by atoms with van der Waals surface area (Å²) in [5.74, 6) is -0.0303. The number of carbonyl (C=O) groups is 1. The first-order valence-corrected chi connectivity index (χ1v) is 5.57. The summed E-state index contributed by atoms with van der Waals surface area (Å²) in [6, 6.07) is 6.78. The fourth-order valence-corrected chi connectivity index (χ4v) is 1.75. The van der Waals surface area contributed by atoms with Gasteiger partial charge in [0.2, 0.25) is 0 Å². The minimum absolute atomic E-state index is 0.294. The highest BCUT2D eigenvalue weighted by Gasteiger charge is 2.07. The fraction of sp³-hybridized carbons (Fsp3) is 0.231. The smallest absolute Gasteiger partial charge is 0.335 e. The number of benzene rings is 1. The van der Waals surface area contributed by atoms with E-state index in [1.807, 2.05) is 6.20 Å². The van der Waals surface area contributed by atoms with E-state index >= 15 is 0 Å². The van der Waals surface area contributed by atoms with Crippen molar-refractivity contribution in [3.05, 3.63) is 42.2 Å². The fourth-order valence-electron chi connectivity index (χ4n) is 1.75. The average Bonchev–Trinajstić information content (AvgIpc) is 2.78. The quantitative estimate of drug-likeness (QED) is 0.878. The van der Waals surface area contributed by atoms with Crippen molar-refractivity contribution in [1.82, 2.24) is 9.55 Å². The second-order valence-corrected chi connectivity index (χ2v) is 3.83. The van der Waals surface area contributed by atoms with Gasteiger partial charge in [-0.05, 0) is 18.6 Å². The van der Waals surface area contributed by atoms with E-state index in [9.17, 15) is 4.79 Å². The number of hydrogen-bond acceptors (Lipinski definition) is 2. The van der Waals surface area contributed by atoms with E-state index in [1.165, 1.54) is 0 Å². The molecule has 0 amide bonds.